The molecular weight excluding hydrogens is 280 g/mol. The van der Waals surface area contributed by atoms with Gasteiger partial charge in [-0.25, -0.2) is 9.78 Å². The summed E-state index contributed by atoms with van der Waals surface area (Å²) in [5.41, 5.74) is 6.69. The third kappa shape index (κ3) is 3.09. The number of carboxylic acids is 1. The summed E-state index contributed by atoms with van der Waals surface area (Å²) in [5, 5.41) is 11.9. The molecule has 0 bridgehead atoms. The van der Waals surface area contributed by atoms with Gasteiger partial charge in [0.05, 0.1) is 23.5 Å². The first-order chi connectivity index (χ1) is 9.47. The predicted octanol–water partition coefficient (Wildman–Crippen LogP) is 1.06. The molecule has 0 atom stereocenters. The van der Waals surface area contributed by atoms with Crippen LogP contribution in [0.1, 0.15) is 31.4 Å². The molecule has 20 heavy (non-hydrogen) atoms. The number of aryl methyl sites for hydroxylation is 1. The quantitative estimate of drug-likeness (QED) is 0.775. The molecule has 2 rings (SSSR count). The van der Waals surface area contributed by atoms with E-state index in [1.807, 2.05) is 0 Å². The number of nitrogen functional groups attached to an aromatic ring is 1. The third-order valence-electron chi connectivity index (χ3n) is 2.51. The molecule has 104 valence electrons. The summed E-state index contributed by atoms with van der Waals surface area (Å²) in [4.78, 5) is 31.2. The van der Waals surface area contributed by atoms with E-state index < -0.39 is 5.97 Å². The Bertz CT molecular complexity index is 668. The lowest BCUT2D eigenvalue weighted by Gasteiger charge is -2.04. The van der Waals surface area contributed by atoms with Gasteiger partial charge in [0.1, 0.15) is 4.88 Å². The fourth-order valence-electron chi connectivity index (χ4n) is 1.59. The number of nitrogens with zero attached hydrogens (tertiary/aromatic N) is 2. The van der Waals surface area contributed by atoms with Crippen molar-refractivity contribution in [2.75, 3.05) is 5.73 Å². The average Bonchev–Trinajstić information content (AvgIpc) is 2.75. The van der Waals surface area contributed by atoms with Crippen molar-refractivity contribution in [1.82, 2.24) is 15.3 Å². The van der Waals surface area contributed by atoms with Gasteiger partial charge in [-0.1, -0.05) is 11.3 Å². The molecule has 8 heteroatoms. The van der Waals surface area contributed by atoms with Crippen molar-refractivity contribution in [3.05, 3.63) is 40.2 Å². The summed E-state index contributed by atoms with van der Waals surface area (Å²) < 4.78 is 0. The molecule has 4 N–H and O–H groups in total. The molecule has 1 amide bonds. The highest BCUT2D eigenvalue weighted by atomic mass is 32.1. The highest BCUT2D eigenvalue weighted by Gasteiger charge is 2.14. The zero-order chi connectivity index (χ0) is 14.7. The number of aromatic nitrogens is 2. The Morgan fingerprint density at radius 1 is 1.50 bits per heavy atom. The van der Waals surface area contributed by atoms with E-state index in [-0.39, 0.29) is 18.0 Å². The molecule has 0 spiro atoms. The van der Waals surface area contributed by atoms with Crippen molar-refractivity contribution in [3.8, 4) is 0 Å². The number of rotatable bonds is 4. The molecule has 0 aliphatic heterocycles. The van der Waals surface area contributed by atoms with Gasteiger partial charge in [-0.15, -0.1) is 0 Å². The molecule has 2 heterocycles. The lowest BCUT2D eigenvalue weighted by molar-refractivity contribution is 0.0696. The maximum absolute atomic E-state index is 11.9. The Morgan fingerprint density at radius 3 is 2.85 bits per heavy atom. The smallest absolute Gasteiger partial charge is 0.335 e. The second-order valence-corrected chi connectivity index (χ2v) is 5.02. The van der Waals surface area contributed by atoms with Crippen LogP contribution in [-0.2, 0) is 6.54 Å². The van der Waals surface area contributed by atoms with Gasteiger partial charge in [-0.2, -0.15) is 0 Å². The zero-order valence-corrected chi connectivity index (χ0v) is 11.4. The zero-order valence-electron chi connectivity index (χ0n) is 10.6. The summed E-state index contributed by atoms with van der Waals surface area (Å²) in [6.45, 7) is 1.84. The number of hydrogen-bond acceptors (Lipinski definition) is 6. The molecule has 0 aliphatic rings. The number of nitrogens with one attached hydrogen (secondary N) is 1. The van der Waals surface area contributed by atoms with Crippen LogP contribution in [0.3, 0.4) is 0 Å². The van der Waals surface area contributed by atoms with E-state index in [1.165, 1.54) is 18.3 Å². The van der Waals surface area contributed by atoms with E-state index in [0.717, 1.165) is 11.3 Å². The van der Waals surface area contributed by atoms with Crippen LogP contribution < -0.4 is 11.1 Å². The van der Waals surface area contributed by atoms with Crippen molar-refractivity contribution in [2.45, 2.75) is 13.5 Å². The van der Waals surface area contributed by atoms with E-state index >= 15 is 0 Å². The molecule has 2 aromatic heterocycles. The van der Waals surface area contributed by atoms with Crippen LogP contribution >= 0.6 is 11.3 Å². The van der Waals surface area contributed by atoms with E-state index in [9.17, 15) is 9.59 Å². The van der Waals surface area contributed by atoms with Gasteiger partial charge in [-0.05, 0) is 19.1 Å². The monoisotopic (exact) mass is 292 g/mol. The van der Waals surface area contributed by atoms with Crippen LogP contribution in [-0.4, -0.2) is 27.0 Å². The summed E-state index contributed by atoms with van der Waals surface area (Å²) >= 11 is 1.11. The highest BCUT2D eigenvalue weighted by Crippen LogP contribution is 2.19. The first-order valence-electron chi connectivity index (χ1n) is 5.66. The minimum atomic E-state index is -1.04. The number of nitrogens with two attached hydrogens (primary N) is 1. The predicted molar refractivity (Wildman–Crippen MR) is 73.6 cm³/mol. The number of pyridine rings is 1. The first kappa shape index (κ1) is 13.9. The Labute approximate surface area is 118 Å². The Morgan fingerprint density at radius 2 is 2.25 bits per heavy atom. The van der Waals surface area contributed by atoms with Crippen molar-refractivity contribution in [3.63, 3.8) is 0 Å². The number of aromatic carboxylic acids is 1. The number of carbonyl (C=O) groups is 2. The van der Waals surface area contributed by atoms with Crippen LogP contribution in [0, 0.1) is 6.92 Å². The van der Waals surface area contributed by atoms with Gasteiger partial charge in [0.15, 0.2) is 5.13 Å². The van der Waals surface area contributed by atoms with Gasteiger partial charge in [0.2, 0.25) is 0 Å². The van der Waals surface area contributed by atoms with Gasteiger partial charge in [-0.3, -0.25) is 9.78 Å². The van der Waals surface area contributed by atoms with E-state index in [0.29, 0.717) is 21.4 Å². The number of hydrogen-bond donors (Lipinski definition) is 3. The van der Waals surface area contributed by atoms with Gasteiger partial charge in [0, 0.05) is 6.20 Å². The SMILES string of the molecule is Cc1nc(N)sc1C(=O)NCc1cc(C(=O)O)ccn1. The summed E-state index contributed by atoms with van der Waals surface area (Å²) in [5.74, 6) is -1.34. The minimum absolute atomic E-state index is 0.127. The number of amides is 1. The molecule has 7 nitrogen and oxygen atoms in total. The first-order valence-corrected chi connectivity index (χ1v) is 6.48. The van der Waals surface area contributed by atoms with Crippen molar-refractivity contribution in [1.29, 1.82) is 0 Å². The number of anilines is 1. The maximum atomic E-state index is 11.9. The van der Waals surface area contributed by atoms with Crippen molar-refractivity contribution in [2.24, 2.45) is 0 Å². The molecule has 0 saturated carbocycles. The van der Waals surface area contributed by atoms with Gasteiger partial charge in [0.25, 0.3) is 5.91 Å². The molecule has 2 aromatic rings. The second-order valence-electron chi connectivity index (χ2n) is 3.99. The standard InChI is InChI=1S/C12H12N4O3S/c1-6-9(20-12(13)16-6)10(17)15-5-8-4-7(11(18)19)2-3-14-8/h2-4H,5H2,1H3,(H2,13,16)(H,15,17)(H,18,19). The lowest BCUT2D eigenvalue weighted by Crippen LogP contribution is -2.23. The maximum Gasteiger partial charge on any atom is 0.335 e. The fraction of sp³-hybridized carbons (Fsp3) is 0.167. The number of thiazole rings is 1. The normalized spacial score (nSPS) is 10.2. The summed E-state index contributed by atoms with van der Waals surface area (Å²) in [6, 6.07) is 2.80. The molecule has 0 unspecified atom stereocenters. The Hall–Kier alpha value is -2.48. The van der Waals surface area contributed by atoms with Gasteiger partial charge < -0.3 is 16.2 Å². The topological polar surface area (TPSA) is 118 Å². The Kier molecular flexibility index (Phi) is 3.94. The summed E-state index contributed by atoms with van der Waals surface area (Å²) in [7, 11) is 0. The van der Waals surface area contributed by atoms with Crippen LogP contribution in [0.4, 0.5) is 5.13 Å². The van der Waals surface area contributed by atoms with E-state index in [1.54, 1.807) is 6.92 Å². The van der Waals surface area contributed by atoms with Crippen LogP contribution in [0.15, 0.2) is 18.3 Å². The average molecular weight is 292 g/mol. The third-order valence-corrected chi connectivity index (χ3v) is 3.50. The highest BCUT2D eigenvalue weighted by molar-refractivity contribution is 7.17. The summed E-state index contributed by atoms with van der Waals surface area (Å²) in [6.07, 6.45) is 1.39. The largest absolute Gasteiger partial charge is 0.478 e. The van der Waals surface area contributed by atoms with E-state index in [2.05, 4.69) is 15.3 Å². The fourth-order valence-corrected chi connectivity index (χ4v) is 2.34. The van der Waals surface area contributed by atoms with Crippen LogP contribution in [0.5, 0.6) is 0 Å². The molecule has 0 radical (unpaired) electrons. The van der Waals surface area contributed by atoms with E-state index in [4.69, 9.17) is 10.8 Å². The number of carbonyl (C=O) groups excluding carboxylic acids is 1. The lowest BCUT2D eigenvalue weighted by atomic mass is 10.2. The van der Waals surface area contributed by atoms with Crippen molar-refractivity contribution >= 4 is 28.3 Å². The van der Waals surface area contributed by atoms with Gasteiger partial charge >= 0.3 is 5.97 Å². The molecular formula is C12H12N4O3S. The van der Waals surface area contributed by atoms with Crippen molar-refractivity contribution < 1.29 is 14.7 Å². The molecule has 0 aromatic carbocycles. The molecule has 0 aliphatic carbocycles. The molecule has 0 saturated heterocycles. The van der Waals surface area contributed by atoms with Crippen LogP contribution in [0.25, 0.3) is 0 Å². The Balaban J connectivity index is 2.05. The number of carboxylic acid groups (broad SMARTS) is 1. The second kappa shape index (κ2) is 5.66. The molecule has 0 fully saturated rings. The van der Waals surface area contributed by atoms with Crippen LogP contribution in [0.2, 0.25) is 0 Å². The minimum Gasteiger partial charge on any atom is -0.478 e.